The minimum absolute atomic E-state index is 0.106. The Morgan fingerprint density at radius 2 is 1.85 bits per heavy atom. The van der Waals surface area contributed by atoms with E-state index in [0.29, 0.717) is 34.4 Å². The number of nitrogens with zero attached hydrogens (tertiary/aromatic N) is 1. The fourth-order valence-electron chi connectivity index (χ4n) is 2.18. The standard InChI is InChI=1S/C14H17Cl2NO3/c1-8(2)14(19)6-17(7-14)13(18)9-4-10(15)12(20-3)11(16)5-9/h4-5,8,19H,6-7H2,1-3H3. The number of hydrogen-bond donors (Lipinski definition) is 1. The monoisotopic (exact) mass is 317 g/mol. The van der Waals surface area contributed by atoms with Crippen molar-refractivity contribution in [3.8, 4) is 5.75 Å². The van der Waals surface area contributed by atoms with E-state index in [4.69, 9.17) is 27.9 Å². The lowest BCUT2D eigenvalue weighted by atomic mass is 9.82. The Labute approximate surface area is 128 Å². The summed E-state index contributed by atoms with van der Waals surface area (Å²) >= 11 is 12.0. The molecule has 0 radical (unpaired) electrons. The molecule has 1 fully saturated rings. The number of amides is 1. The van der Waals surface area contributed by atoms with Gasteiger partial charge >= 0.3 is 0 Å². The number of halogens is 2. The minimum Gasteiger partial charge on any atom is -0.494 e. The zero-order chi connectivity index (χ0) is 15.1. The molecule has 6 heteroatoms. The van der Waals surface area contributed by atoms with Gasteiger partial charge in [-0.1, -0.05) is 37.0 Å². The second kappa shape index (κ2) is 5.43. The first kappa shape index (κ1) is 15.4. The van der Waals surface area contributed by atoms with Crippen LogP contribution >= 0.6 is 23.2 Å². The summed E-state index contributed by atoms with van der Waals surface area (Å²) in [7, 11) is 1.47. The van der Waals surface area contributed by atoms with Crippen LogP contribution in [0.25, 0.3) is 0 Å². The molecule has 0 unspecified atom stereocenters. The van der Waals surface area contributed by atoms with Gasteiger partial charge < -0.3 is 14.7 Å². The normalized spacial score (nSPS) is 17.1. The van der Waals surface area contributed by atoms with E-state index in [-0.39, 0.29) is 11.8 Å². The first-order chi connectivity index (χ1) is 9.28. The van der Waals surface area contributed by atoms with Crippen molar-refractivity contribution in [3.63, 3.8) is 0 Å². The molecule has 0 aliphatic carbocycles. The van der Waals surface area contributed by atoms with Gasteiger partial charge in [-0.2, -0.15) is 0 Å². The fourth-order valence-corrected chi connectivity index (χ4v) is 2.83. The number of methoxy groups -OCH3 is 1. The van der Waals surface area contributed by atoms with Crippen molar-refractivity contribution in [3.05, 3.63) is 27.7 Å². The number of aliphatic hydroxyl groups is 1. The zero-order valence-corrected chi connectivity index (χ0v) is 13.1. The van der Waals surface area contributed by atoms with Crippen molar-refractivity contribution in [2.24, 2.45) is 5.92 Å². The zero-order valence-electron chi connectivity index (χ0n) is 11.6. The van der Waals surface area contributed by atoms with Crippen LogP contribution < -0.4 is 4.74 Å². The highest BCUT2D eigenvalue weighted by molar-refractivity contribution is 6.37. The molecule has 0 spiro atoms. The SMILES string of the molecule is COc1c(Cl)cc(C(=O)N2CC(O)(C(C)C)C2)cc1Cl. The summed E-state index contributed by atoms with van der Waals surface area (Å²) < 4.78 is 5.05. The summed E-state index contributed by atoms with van der Waals surface area (Å²) in [4.78, 5) is 13.9. The van der Waals surface area contributed by atoms with E-state index in [1.807, 2.05) is 13.8 Å². The Bertz CT molecular complexity index is 516. The maximum Gasteiger partial charge on any atom is 0.254 e. The molecule has 0 atom stereocenters. The summed E-state index contributed by atoms with van der Waals surface area (Å²) in [5.41, 5.74) is -0.401. The third kappa shape index (κ3) is 2.60. The molecule has 110 valence electrons. The van der Waals surface area contributed by atoms with Crippen LogP contribution in [-0.2, 0) is 0 Å². The van der Waals surface area contributed by atoms with Crippen molar-refractivity contribution in [1.29, 1.82) is 0 Å². The molecule has 0 saturated carbocycles. The second-order valence-corrected chi connectivity index (χ2v) is 6.21. The van der Waals surface area contributed by atoms with Gasteiger partial charge in [-0.15, -0.1) is 0 Å². The van der Waals surface area contributed by atoms with Crippen LogP contribution in [0.5, 0.6) is 5.75 Å². The van der Waals surface area contributed by atoms with Crippen LogP contribution in [0.15, 0.2) is 12.1 Å². The molecule has 4 nitrogen and oxygen atoms in total. The highest BCUT2D eigenvalue weighted by Crippen LogP contribution is 2.35. The van der Waals surface area contributed by atoms with E-state index in [9.17, 15) is 9.90 Å². The molecule has 0 aromatic heterocycles. The van der Waals surface area contributed by atoms with Gasteiger partial charge in [-0.25, -0.2) is 0 Å². The van der Waals surface area contributed by atoms with E-state index in [1.165, 1.54) is 19.2 Å². The quantitative estimate of drug-likeness (QED) is 0.932. The maximum absolute atomic E-state index is 12.3. The first-order valence-electron chi connectivity index (χ1n) is 6.33. The number of hydrogen-bond acceptors (Lipinski definition) is 3. The predicted molar refractivity (Wildman–Crippen MR) is 78.7 cm³/mol. The molecule has 1 amide bonds. The fraction of sp³-hybridized carbons (Fsp3) is 0.500. The van der Waals surface area contributed by atoms with Gasteiger partial charge in [-0.05, 0) is 18.1 Å². The van der Waals surface area contributed by atoms with Gasteiger partial charge in [0.05, 0.1) is 30.2 Å². The van der Waals surface area contributed by atoms with E-state index < -0.39 is 5.60 Å². The molecule has 1 heterocycles. The molecule has 20 heavy (non-hydrogen) atoms. The van der Waals surface area contributed by atoms with E-state index >= 15 is 0 Å². The van der Waals surface area contributed by atoms with Crippen LogP contribution in [0.1, 0.15) is 24.2 Å². The molecule has 0 bridgehead atoms. The van der Waals surface area contributed by atoms with Crippen molar-refractivity contribution < 1.29 is 14.6 Å². The Hall–Kier alpha value is -0.970. The number of rotatable bonds is 3. The summed E-state index contributed by atoms with van der Waals surface area (Å²) in [6.07, 6.45) is 0. The van der Waals surface area contributed by atoms with Gasteiger partial charge in [0.25, 0.3) is 5.91 Å². The highest BCUT2D eigenvalue weighted by Gasteiger charge is 2.46. The van der Waals surface area contributed by atoms with Crippen LogP contribution in [0.4, 0.5) is 0 Å². The predicted octanol–water partition coefficient (Wildman–Crippen LogP) is 2.84. The summed E-state index contributed by atoms with van der Waals surface area (Å²) in [6, 6.07) is 3.06. The Balaban J connectivity index is 2.16. The number of likely N-dealkylation sites (tertiary alicyclic amines) is 1. The second-order valence-electron chi connectivity index (χ2n) is 5.39. The molecule has 1 aliphatic heterocycles. The minimum atomic E-state index is -0.796. The average Bonchev–Trinajstić information content (AvgIpc) is 2.33. The van der Waals surface area contributed by atoms with Crippen molar-refractivity contribution in [2.75, 3.05) is 20.2 Å². The number of benzene rings is 1. The van der Waals surface area contributed by atoms with Crippen molar-refractivity contribution in [2.45, 2.75) is 19.4 Å². The number of carbonyl (C=O) groups excluding carboxylic acids is 1. The molecule has 1 saturated heterocycles. The molecule has 2 rings (SSSR count). The Morgan fingerprint density at radius 1 is 1.35 bits per heavy atom. The molecular formula is C14H17Cl2NO3. The topological polar surface area (TPSA) is 49.8 Å². The lowest BCUT2D eigenvalue weighted by Crippen LogP contribution is -2.65. The van der Waals surface area contributed by atoms with Crippen LogP contribution in [0.3, 0.4) is 0 Å². The lowest BCUT2D eigenvalue weighted by molar-refractivity contribution is -0.110. The van der Waals surface area contributed by atoms with Gasteiger partial charge in [-0.3, -0.25) is 4.79 Å². The van der Waals surface area contributed by atoms with E-state index in [1.54, 1.807) is 4.90 Å². The van der Waals surface area contributed by atoms with Gasteiger partial charge in [0.2, 0.25) is 0 Å². The van der Waals surface area contributed by atoms with Gasteiger partial charge in [0.1, 0.15) is 5.60 Å². The number of β-amino-alcohol motifs (C(OH)–C–C–N with tert-alkyl or cyclic N) is 1. The highest BCUT2D eigenvalue weighted by atomic mass is 35.5. The van der Waals surface area contributed by atoms with E-state index in [0.717, 1.165) is 0 Å². The smallest absolute Gasteiger partial charge is 0.254 e. The third-order valence-corrected chi connectivity index (χ3v) is 4.30. The summed E-state index contributed by atoms with van der Waals surface area (Å²) in [5, 5.41) is 10.8. The largest absolute Gasteiger partial charge is 0.494 e. The van der Waals surface area contributed by atoms with Crippen LogP contribution in [0, 0.1) is 5.92 Å². The van der Waals surface area contributed by atoms with Crippen molar-refractivity contribution >= 4 is 29.1 Å². The van der Waals surface area contributed by atoms with Crippen LogP contribution in [-0.4, -0.2) is 41.7 Å². The lowest BCUT2D eigenvalue weighted by Gasteiger charge is -2.49. The summed E-state index contributed by atoms with van der Waals surface area (Å²) in [5.74, 6) is 0.267. The average molecular weight is 318 g/mol. The molecule has 1 aromatic carbocycles. The van der Waals surface area contributed by atoms with Crippen LogP contribution in [0.2, 0.25) is 10.0 Å². The molecular weight excluding hydrogens is 301 g/mol. The number of carbonyl (C=O) groups is 1. The number of ether oxygens (including phenoxy) is 1. The maximum atomic E-state index is 12.3. The van der Waals surface area contributed by atoms with E-state index in [2.05, 4.69) is 0 Å². The molecule has 1 aromatic rings. The molecule has 1 N–H and O–H groups in total. The van der Waals surface area contributed by atoms with Gasteiger partial charge in [0.15, 0.2) is 5.75 Å². The first-order valence-corrected chi connectivity index (χ1v) is 7.09. The third-order valence-electron chi connectivity index (χ3n) is 3.74. The van der Waals surface area contributed by atoms with Crippen molar-refractivity contribution in [1.82, 2.24) is 4.90 Å². The van der Waals surface area contributed by atoms with Gasteiger partial charge in [0, 0.05) is 5.56 Å². The Morgan fingerprint density at radius 3 is 2.25 bits per heavy atom. The molecule has 1 aliphatic rings. The summed E-state index contributed by atoms with van der Waals surface area (Å²) in [6.45, 7) is 4.52. The Kier molecular flexibility index (Phi) is 4.19.